The van der Waals surface area contributed by atoms with Gasteiger partial charge >= 0.3 is 0 Å². The van der Waals surface area contributed by atoms with Gasteiger partial charge in [-0.2, -0.15) is 0 Å². The summed E-state index contributed by atoms with van der Waals surface area (Å²) in [5.41, 5.74) is 7.16. The van der Waals surface area contributed by atoms with Crippen molar-refractivity contribution in [3.8, 4) is 0 Å². The molecule has 1 aliphatic rings. The molecule has 1 saturated carbocycles. The van der Waals surface area contributed by atoms with Crippen molar-refractivity contribution in [2.75, 3.05) is 7.05 Å². The van der Waals surface area contributed by atoms with E-state index < -0.39 is 0 Å². The molecule has 0 aliphatic heterocycles. The highest BCUT2D eigenvalue weighted by molar-refractivity contribution is 7.80. The summed E-state index contributed by atoms with van der Waals surface area (Å²) in [5.74, 6) is 0. The van der Waals surface area contributed by atoms with Crippen molar-refractivity contribution in [2.45, 2.75) is 57.0 Å². The van der Waals surface area contributed by atoms with Gasteiger partial charge in [0.15, 0.2) is 0 Å². The molecular weight excluding hydrogens is 264 g/mol. The van der Waals surface area contributed by atoms with Crippen LogP contribution in [-0.2, 0) is 0 Å². The van der Waals surface area contributed by atoms with E-state index in [1.807, 2.05) is 0 Å². The smallest absolute Gasteiger partial charge is 0.0746 e. The zero-order chi connectivity index (χ0) is 14.4. The van der Waals surface area contributed by atoms with Gasteiger partial charge in [0, 0.05) is 18.5 Å². The van der Waals surface area contributed by atoms with Crippen molar-refractivity contribution < 1.29 is 0 Å². The monoisotopic (exact) mass is 290 g/mol. The first-order valence-electron chi connectivity index (χ1n) is 7.73. The van der Waals surface area contributed by atoms with E-state index in [1.54, 1.807) is 0 Å². The summed E-state index contributed by atoms with van der Waals surface area (Å²) in [5, 5.41) is 0. The summed E-state index contributed by atoms with van der Waals surface area (Å²) >= 11 is 5.17. The van der Waals surface area contributed by atoms with Gasteiger partial charge in [-0.3, -0.25) is 4.90 Å². The Morgan fingerprint density at radius 2 is 1.80 bits per heavy atom. The van der Waals surface area contributed by atoms with Crippen molar-refractivity contribution >= 4 is 17.2 Å². The molecular formula is C17H26N2S. The van der Waals surface area contributed by atoms with Crippen LogP contribution in [0.25, 0.3) is 0 Å². The third-order valence-electron chi connectivity index (χ3n) is 4.47. The average Bonchev–Trinajstić information content (AvgIpc) is 2.74. The Kier molecular flexibility index (Phi) is 5.99. The normalized spacial score (nSPS) is 18.7. The van der Waals surface area contributed by atoms with E-state index in [2.05, 4.69) is 42.3 Å². The molecule has 0 saturated heterocycles. The summed E-state index contributed by atoms with van der Waals surface area (Å²) in [6.07, 6.45) is 8.85. The van der Waals surface area contributed by atoms with Gasteiger partial charge in [0.2, 0.25) is 0 Å². The number of hydrogen-bond donors (Lipinski definition) is 1. The van der Waals surface area contributed by atoms with Gasteiger partial charge < -0.3 is 5.73 Å². The number of rotatable bonds is 5. The lowest BCUT2D eigenvalue weighted by atomic mass is 9.98. The van der Waals surface area contributed by atoms with E-state index >= 15 is 0 Å². The van der Waals surface area contributed by atoms with Crippen LogP contribution in [0.3, 0.4) is 0 Å². The SMILES string of the molecule is CN(C1CCCCCC1)C(CC(N)=S)c1ccccc1. The Balaban J connectivity index is 2.14. The van der Waals surface area contributed by atoms with Gasteiger partial charge in [0.25, 0.3) is 0 Å². The molecule has 1 aromatic rings. The van der Waals surface area contributed by atoms with Crippen LogP contribution >= 0.6 is 12.2 Å². The highest BCUT2D eigenvalue weighted by Crippen LogP contribution is 2.30. The maximum atomic E-state index is 5.83. The van der Waals surface area contributed by atoms with Crippen molar-refractivity contribution in [2.24, 2.45) is 5.73 Å². The van der Waals surface area contributed by atoms with Crippen LogP contribution in [0.15, 0.2) is 30.3 Å². The molecule has 2 nitrogen and oxygen atoms in total. The zero-order valence-corrected chi connectivity index (χ0v) is 13.2. The van der Waals surface area contributed by atoms with Crippen LogP contribution in [0.1, 0.15) is 56.6 Å². The maximum absolute atomic E-state index is 5.83. The highest BCUT2D eigenvalue weighted by atomic mass is 32.1. The first-order valence-corrected chi connectivity index (χ1v) is 8.14. The molecule has 3 heteroatoms. The van der Waals surface area contributed by atoms with E-state index in [9.17, 15) is 0 Å². The van der Waals surface area contributed by atoms with E-state index in [1.165, 1.54) is 44.1 Å². The molecule has 0 aromatic heterocycles. The Hall–Kier alpha value is -0.930. The van der Waals surface area contributed by atoms with E-state index in [0.717, 1.165) is 6.42 Å². The standard InChI is InChI=1S/C17H26N2S/c1-19(15-11-7-2-3-8-12-15)16(13-17(18)20)14-9-5-4-6-10-14/h4-6,9-10,15-16H,2-3,7-8,11-13H2,1H3,(H2,18,20). The summed E-state index contributed by atoms with van der Waals surface area (Å²) in [7, 11) is 2.24. The largest absolute Gasteiger partial charge is 0.393 e. The Morgan fingerprint density at radius 3 is 2.35 bits per heavy atom. The molecule has 1 unspecified atom stereocenters. The fraction of sp³-hybridized carbons (Fsp3) is 0.588. The molecule has 2 N–H and O–H groups in total. The van der Waals surface area contributed by atoms with E-state index in [-0.39, 0.29) is 0 Å². The number of nitrogens with two attached hydrogens (primary N) is 1. The molecule has 0 radical (unpaired) electrons. The Morgan fingerprint density at radius 1 is 1.20 bits per heavy atom. The number of hydrogen-bond acceptors (Lipinski definition) is 2. The van der Waals surface area contributed by atoms with Crippen molar-refractivity contribution in [3.63, 3.8) is 0 Å². The number of benzene rings is 1. The van der Waals surface area contributed by atoms with E-state index in [0.29, 0.717) is 17.1 Å². The summed E-state index contributed by atoms with van der Waals surface area (Å²) in [6.45, 7) is 0. The first kappa shape index (κ1) is 15.5. The lowest BCUT2D eigenvalue weighted by molar-refractivity contribution is 0.161. The van der Waals surface area contributed by atoms with Crippen LogP contribution in [0.5, 0.6) is 0 Å². The zero-order valence-electron chi connectivity index (χ0n) is 12.4. The molecule has 20 heavy (non-hydrogen) atoms. The van der Waals surface area contributed by atoms with Gasteiger partial charge in [0.1, 0.15) is 0 Å². The molecule has 110 valence electrons. The molecule has 0 heterocycles. The van der Waals surface area contributed by atoms with Crippen molar-refractivity contribution in [1.82, 2.24) is 4.90 Å². The Bertz CT molecular complexity index is 410. The lowest BCUT2D eigenvalue weighted by Crippen LogP contribution is -2.36. The van der Waals surface area contributed by atoms with E-state index in [4.69, 9.17) is 18.0 Å². The Labute approximate surface area is 128 Å². The van der Waals surface area contributed by atoms with Gasteiger partial charge in [0.05, 0.1) is 4.99 Å². The van der Waals surface area contributed by atoms with Crippen LogP contribution < -0.4 is 5.73 Å². The van der Waals surface area contributed by atoms with Crippen molar-refractivity contribution in [3.05, 3.63) is 35.9 Å². The first-order chi connectivity index (χ1) is 9.68. The quantitative estimate of drug-likeness (QED) is 0.655. The topological polar surface area (TPSA) is 29.3 Å². The minimum atomic E-state index is 0.316. The second-order valence-electron chi connectivity index (χ2n) is 5.91. The van der Waals surface area contributed by atoms with Gasteiger partial charge in [-0.1, -0.05) is 68.2 Å². The van der Waals surface area contributed by atoms with Gasteiger partial charge in [-0.25, -0.2) is 0 Å². The molecule has 1 atom stereocenters. The minimum Gasteiger partial charge on any atom is -0.393 e. The number of nitrogens with zero attached hydrogens (tertiary/aromatic N) is 1. The molecule has 1 aliphatic carbocycles. The fourth-order valence-corrected chi connectivity index (χ4v) is 3.44. The predicted octanol–water partition coefficient (Wildman–Crippen LogP) is 4.06. The molecule has 1 aromatic carbocycles. The maximum Gasteiger partial charge on any atom is 0.0746 e. The third-order valence-corrected chi connectivity index (χ3v) is 4.64. The molecule has 0 amide bonds. The fourth-order valence-electron chi connectivity index (χ4n) is 3.28. The molecule has 1 fully saturated rings. The van der Waals surface area contributed by atoms with Crippen LogP contribution in [-0.4, -0.2) is 23.0 Å². The average molecular weight is 290 g/mol. The highest BCUT2D eigenvalue weighted by Gasteiger charge is 2.25. The molecule has 0 spiro atoms. The van der Waals surface area contributed by atoms with Crippen LogP contribution in [0, 0.1) is 0 Å². The number of thiocarbonyl (C=S) groups is 1. The second kappa shape index (κ2) is 7.75. The van der Waals surface area contributed by atoms with Crippen LogP contribution in [0.4, 0.5) is 0 Å². The predicted molar refractivity (Wildman–Crippen MR) is 89.8 cm³/mol. The van der Waals surface area contributed by atoms with Crippen LogP contribution in [0.2, 0.25) is 0 Å². The van der Waals surface area contributed by atoms with Crippen molar-refractivity contribution in [1.29, 1.82) is 0 Å². The summed E-state index contributed by atoms with van der Waals surface area (Å²) in [6, 6.07) is 11.6. The molecule has 0 bridgehead atoms. The minimum absolute atomic E-state index is 0.316. The molecule has 2 rings (SSSR count). The lowest BCUT2D eigenvalue weighted by Gasteiger charge is -2.35. The second-order valence-corrected chi connectivity index (χ2v) is 6.43. The summed E-state index contributed by atoms with van der Waals surface area (Å²) in [4.78, 5) is 3.12. The van der Waals surface area contributed by atoms with Gasteiger partial charge in [-0.15, -0.1) is 0 Å². The van der Waals surface area contributed by atoms with Gasteiger partial charge in [-0.05, 0) is 25.5 Å². The summed E-state index contributed by atoms with van der Waals surface area (Å²) < 4.78 is 0. The third kappa shape index (κ3) is 4.29.